The predicted molar refractivity (Wildman–Crippen MR) is 52.0 cm³/mol. The molecule has 0 aliphatic carbocycles. The van der Waals surface area contributed by atoms with Crippen molar-refractivity contribution in [2.24, 2.45) is 5.73 Å². The van der Waals surface area contributed by atoms with E-state index in [1.807, 2.05) is 6.07 Å². The largest absolute Gasteiger partial charge is 0.366 e. The monoisotopic (exact) mass is 187 g/mol. The molecule has 4 heteroatoms. The lowest BCUT2D eigenvalue weighted by Gasteiger charge is -1.95. The Labute approximate surface area is 81.7 Å². The van der Waals surface area contributed by atoms with Gasteiger partial charge in [-0.05, 0) is 11.6 Å². The summed E-state index contributed by atoms with van der Waals surface area (Å²) < 4.78 is 0. The van der Waals surface area contributed by atoms with Crippen LogP contribution in [0.5, 0.6) is 0 Å². The number of carbonyl (C=O) groups is 1. The molecule has 2 N–H and O–H groups in total. The molecule has 0 bridgehead atoms. The zero-order valence-electron chi connectivity index (χ0n) is 7.47. The number of aromatic nitrogens is 1. The molecule has 0 saturated heterocycles. The standard InChI is InChI=1S/C10H9N3O/c11-4-2-1-3-8-5-9(10(12)14)7-13-6-8/h1,3,5-7H,2H2,(H2,12,14). The van der Waals surface area contributed by atoms with E-state index in [0.717, 1.165) is 5.56 Å². The van der Waals surface area contributed by atoms with Crippen LogP contribution in [-0.4, -0.2) is 10.9 Å². The number of rotatable bonds is 3. The van der Waals surface area contributed by atoms with E-state index in [-0.39, 0.29) is 0 Å². The van der Waals surface area contributed by atoms with Gasteiger partial charge in [0.25, 0.3) is 0 Å². The van der Waals surface area contributed by atoms with Crippen molar-refractivity contribution < 1.29 is 4.79 Å². The molecule has 0 aliphatic rings. The van der Waals surface area contributed by atoms with Gasteiger partial charge in [-0.15, -0.1) is 0 Å². The molecule has 1 amide bonds. The Hall–Kier alpha value is -2.15. The molecule has 1 heterocycles. The summed E-state index contributed by atoms with van der Waals surface area (Å²) in [5.41, 5.74) is 6.21. The molecule has 0 saturated carbocycles. The Morgan fingerprint density at radius 2 is 2.43 bits per heavy atom. The summed E-state index contributed by atoms with van der Waals surface area (Å²) in [5.74, 6) is -0.506. The molecule has 1 rings (SSSR count). The molecular weight excluding hydrogens is 178 g/mol. The van der Waals surface area contributed by atoms with Crippen LogP contribution in [0.15, 0.2) is 24.5 Å². The highest BCUT2D eigenvalue weighted by molar-refractivity contribution is 5.92. The highest BCUT2D eigenvalue weighted by atomic mass is 16.1. The smallest absolute Gasteiger partial charge is 0.250 e. The van der Waals surface area contributed by atoms with E-state index in [0.29, 0.717) is 12.0 Å². The second kappa shape index (κ2) is 4.77. The van der Waals surface area contributed by atoms with E-state index in [1.165, 1.54) is 6.20 Å². The second-order valence-corrected chi connectivity index (χ2v) is 2.64. The molecule has 0 aliphatic heterocycles. The fourth-order valence-corrected chi connectivity index (χ4v) is 0.931. The summed E-state index contributed by atoms with van der Waals surface area (Å²) in [4.78, 5) is 14.6. The minimum Gasteiger partial charge on any atom is -0.366 e. The molecule has 0 radical (unpaired) electrons. The highest BCUT2D eigenvalue weighted by Gasteiger charge is 1.99. The number of nitrogens with two attached hydrogens (primary N) is 1. The lowest BCUT2D eigenvalue weighted by molar-refractivity contribution is 0.1000. The third kappa shape index (κ3) is 2.72. The maximum Gasteiger partial charge on any atom is 0.250 e. The fraction of sp³-hybridized carbons (Fsp3) is 0.100. The van der Waals surface area contributed by atoms with Crippen molar-refractivity contribution in [1.82, 2.24) is 4.98 Å². The van der Waals surface area contributed by atoms with Crippen LogP contribution in [0, 0.1) is 11.3 Å². The normalized spacial score (nSPS) is 9.93. The first-order chi connectivity index (χ1) is 6.74. The number of hydrogen-bond acceptors (Lipinski definition) is 3. The minimum absolute atomic E-state index is 0.334. The van der Waals surface area contributed by atoms with Crippen molar-refractivity contribution in [1.29, 1.82) is 5.26 Å². The van der Waals surface area contributed by atoms with E-state index in [9.17, 15) is 4.79 Å². The van der Waals surface area contributed by atoms with Crippen molar-refractivity contribution in [3.05, 3.63) is 35.7 Å². The average Bonchev–Trinajstić information content (AvgIpc) is 2.19. The summed E-state index contributed by atoms with van der Waals surface area (Å²) in [7, 11) is 0. The van der Waals surface area contributed by atoms with Crippen LogP contribution in [0.2, 0.25) is 0 Å². The number of amides is 1. The minimum atomic E-state index is -0.506. The first kappa shape index (κ1) is 9.93. The Morgan fingerprint density at radius 3 is 3.07 bits per heavy atom. The van der Waals surface area contributed by atoms with Gasteiger partial charge in [0.2, 0.25) is 5.91 Å². The van der Waals surface area contributed by atoms with E-state index < -0.39 is 5.91 Å². The van der Waals surface area contributed by atoms with E-state index in [4.69, 9.17) is 11.0 Å². The molecule has 1 aromatic rings. The number of nitriles is 1. The Balaban J connectivity index is 2.85. The van der Waals surface area contributed by atoms with Crippen molar-refractivity contribution in [2.75, 3.05) is 0 Å². The number of hydrogen-bond donors (Lipinski definition) is 1. The molecule has 0 fully saturated rings. The molecule has 0 unspecified atom stereocenters. The molecule has 1 aromatic heterocycles. The van der Waals surface area contributed by atoms with Gasteiger partial charge in [-0.25, -0.2) is 0 Å². The number of primary amides is 1. The topological polar surface area (TPSA) is 79.8 Å². The van der Waals surface area contributed by atoms with Gasteiger partial charge in [-0.1, -0.05) is 12.2 Å². The van der Waals surface area contributed by atoms with Gasteiger partial charge in [0, 0.05) is 12.4 Å². The van der Waals surface area contributed by atoms with Gasteiger partial charge < -0.3 is 5.73 Å². The quantitative estimate of drug-likeness (QED) is 0.769. The van der Waals surface area contributed by atoms with Crippen molar-refractivity contribution in [2.45, 2.75) is 6.42 Å². The van der Waals surface area contributed by atoms with E-state index in [1.54, 1.807) is 24.4 Å². The van der Waals surface area contributed by atoms with Gasteiger partial charge in [-0.3, -0.25) is 9.78 Å². The van der Waals surface area contributed by atoms with E-state index >= 15 is 0 Å². The van der Waals surface area contributed by atoms with Gasteiger partial charge >= 0.3 is 0 Å². The molecule has 70 valence electrons. The Morgan fingerprint density at radius 1 is 1.64 bits per heavy atom. The van der Waals surface area contributed by atoms with Gasteiger partial charge in [0.15, 0.2) is 0 Å². The first-order valence-electron chi connectivity index (χ1n) is 4.02. The average molecular weight is 187 g/mol. The van der Waals surface area contributed by atoms with Crippen LogP contribution in [0.1, 0.15) is 22.3 Å². The van der Waals surface area contributed by atoms with Gasteiger partial charge in [0.1, 0.15) is 0 Å². The zero-order valence-corrected chi connectivity index (χ0v) is 7.47. The van der Waals surface area contributed by atoms with Crippen molar-refractivity contribution >= 4 is 12.0 Å². The summed E-state index contributed by atoms with van der Waals surface area (Å²) >= 11 is 0. The third-order valence-corrected chi connectivity index (χ3v) is 1.56. The molecule has 0 aromatic carbocycles. The second-order valence-electron chi connectivity index (χ2n) is 2.64. The van der Waals surface area contributed by atoms with Crippen LogP contribution in [0.3, 0.4) is 0 Å². The summed E-state index contributed by atoms with van der Waals surface area (Å²) in [5, 5.41) is 8.30. The Bertz CT molecular complexity index is 404. The lowest BCUT2D eigenvalue weighted by atomic mass is 10.2. The van der Waals surface area contributed by atoms with Crippen LogP contribution in [-0.2, 0) is 0 Å². The van der Waals surface area contributed by atoms with Crippen LogP contribution in [0.25, 0.3) is 6.08 Å². The van der Waals surface area contributed by atoms with E-state index in [2.05, 4.69) is 4.98 Å². The number of carbonyl (C=O) groups excluding carboxylic acids is 1. The van der Waals surface area contributed by atoms with Gasteiger partial charge in [0.05, 0.1) is 18.1 Å². The molecule has 0 spiro atoms. The highest BCUT2D eigenvalue weighted by Crippen LogP contribution is 2.04. The number of pyridine rings is 1. The van der Waals surface area contributed by atoms with Crippen LogP contribution < -0.4 is 5.73 Å². The predicted octanol–water partition coefficient (Wildman–Crippen LogP) is 1.11. The summed E-state index contributed by atoms with van der Waals surface area (Å²) in [6.45, 7) is 0. The number of nitrogens with zero attached hydrogens (tertiary/aromatic N) is 2. The molecule has 0 atom stereocenters. The summed E-state index contributed by atoms with van der Waals surface area (Å²) in [6, 6.07) is 3.60. The maximum atomic E-state index is 10.8. The van der Waals surface area contributed by atoms with Crippen molar-refractivity contribution in [3.63, 3.8) is 0 Å². The molecular formula is C10H9N3O. The summed E-state index contributed by atoms with van der Waals surface area (Å²) in [6.07, 6.45) is 6.76. The van der Waals surface area contributed by atoms with Crippen molar-refractivity contribution in [3.8, 4) is 6.07 Å². The van der Waals surface area contributed by atoms with Crippen LogP contribution in [0.4, 0.5) is 0 Å². The molecule has 14 heavy (non-hydrogen) atoms. The zero-order chi connectivity index (χ0) is 10.4. The first-order valence-corrected chi connectivity index (χ1v) is 4.02. The Kier molecular flexibility index (Phi) is 3.39. The third-order valence-electron chi connectivity index (χ3n) is 1.56. The lowest BCUT2D eigenvalue weighted by Crippen LogP contribution is -2.11. The SMILES string of the molecule is N#CCC=Cc1cncc(C(N)=O)c1. The molecule has 4 nitrogen and oxygen atoms in total. The maximum absolute atomic E-state index is 10.8. The fourth-order valence-electron chi connectivity index (χ4n) is 0.931. The number of allylic oxidation sites excluding steroid dienone is 1. The van der Waals surface area contributed by atoms with Crippen LogP contribution >= 0.6 is 0 Å². The van der Waals surface area contributed by atoms with Gasteiger partial charge in [-0.2, -0.15) is 5.26 Å².